The van der Waals surface area contributed by atoms with E-state index >= 15 is 0 Å². The fourth-order valence-corrected chi connectivity index (χ4v) is 4.43. The minimum atomic E-state index is -0.242. The van der Waals surface area contributed by atoms with Crippen molar-refractivity contribution >= 4 is 11.6 Å². The molecule has 0 aromatic carbocycles. The molecule has 21 heavy (non-hydrogen) atoms. The molecule has 4 nitrogen and oxygen atoms in total. The number of piperidine rings is 3. The van der Waals surface area contributed by atoms with E-state index in [0.717, 1.165) is 32.5 Å². The van der Waals surface area contributed by atoms with E-state index in [1.54, 1.807) is 12.3 Å². The first-order chi connectivity index (χ1) is 10.2. The Morgan fingerprint density at radius 2 is 2.19 bits per heavy atom. The van der Waals surface area contributed by atoms with Crippen LogP contribution in [0.4, 0.5) is 10.1 Å². The van der Waals surface area contributed by atoms with Crippen molar-refractivity contribution in [1.29, 1.82) is 0 Å². The molecule has 0 saturated carbocycles. The van der Waals surface area contributed by atoms with Crippen molar-refractivity contribution in [3.63, 3.8) is 0 Å². The summed E-state index contributed by atoms with van der Waals surface area (Å²) in [6.07, 6.45) is 6.94. The topological polar surface area (TPSA) is 36.4 Å². The third-order valence-corrected chi connectivity index (χ3v) is 5.27. The third-order valence-electron chi connectivity index (χ3n) is 5.27. The molecule has 3 saturated heterocycles. The molecule has 112 valence electrons. The SMILES string of the molecule is O=C1CCC[C@H]2[C@@H]3C[C@H](CN(c4ccncc4F)C3)CN12. The second-order valence-corrected chi connectivity index (χ2v) is 6.60. The highest BCUT2D eigenvalue weighted by molar-refractivity contribution is 5.77. The van der Waals surface area contributed by atoms with Crippen molar-refractivity contribution in [1.82, 2.24) is 9.88 Å². The molecule has 0 radical (unpaired) electrons. The summed E-state index contributed by atoms with van der Waals surface area (Å²) in [5.41, 5.74) is 0.662. The maximum absolute atomic E-state index is 14.0. The number of halogens is 1. The summed E-state index contributed by atoms with van der Waals surface area (Å²) in [4.78, 5) is 20.2. The number of rotatable bonds is 1. The number of aromatic nitrogens is 1. The van der Waals surface area contributed by atoms with Gasteiger partial charge in [-0.25, -0.2) is 4.39 Å². The number of hydrogen-bond acceptors (Lipinski definition) is 3. The molecule has 4 rings (SSSR count). The van der Waals surface area contributed by atoms with E-state index in [-0.39, 0.29) is 5.82 Å². The van der Waals surface area contributed by atoms with Crippen LogP contribution in [0.25, 0.3) is 0 Å². The van der Waals surface area contributed by atoms with Gasteiger partial charge >= 0.3 is 0 Å². The fraction of sp³-hybridized carbons (Fsp3) is 0.625. The molecule has 0 unspecified atom stereocenters. The highest BCUT2D eigenvalue weighted by Crippen LogP contribution is 2.39. The zero-order valence-electron chi connectivity index (χ0n) is 12.0. The van der Waals surface area contributed by atoms with Crippen molar-refractivity contribution in [2.24, 2.45) is 11.8 Å². The second-order valence-electron chi connectivity index (χ2n) is 6.60. The Bertz CT molecular complexity index is 564. The van der Waals surface area contributed by atoms with Gasteiger partial charge in [0.25, 0.3) is 0 Å². The van der Waals surface area contributed by atoms with Crippen molar-refractivity contribution in [2.75, 3.05) is 24.5 Å². The Morgan fingerprint density at radius 3 is 3.05 bits per heavy atom. The molecule has 1 aromatic rings. The van der Waals surface area contributed by atoms with Gasteiger partial charge in [-0.2, -0.15) is 0 Å². The van der Waals surface area contributed by atoms with Crippen LogP contribution < -0.4 is 4.90 Å². The van der Waals surface area contributed by atoms with Crippen LogP contribution in [0, 0.1) is 17.7 Å². The predicted octanol–water partition coefficient (Wildman–Crippen LogP) is 2.06. The van der Waals surface area contributed by atoms with Gasteiger partial charge in [-0.05, 0) is 37.2 Å². The second kappa shape index (κ2) is 4.97. The maximum Gasteiger partial charge on any atom is 0.222 e. The Kier molecular flexibility index (Phi) is 3.08. The van der Waals surface area contributed by atoms with E-state index in [9.17, 15) is 9.18 Å². The first kappa shape index (κ1) is 13.0. The van der Waals surface area contributed by atoms with Gasteiger partial charge < -0.3 is 9.80 Å². The molecule has 1 amide bonds. The molecule has 0 N–H and O–H groups in total. The number of pyridine rings is 1. The average Bonchev–Trinajstić information content (AvgIpc) is 2.49. The highest BCUT2D eigenvalue weighted by atomic mass is 19.1. The van der Waals surface area contributed by atoms with E-state index in [0.29, 0.717) is 35.9 Å². The van der Waals surface area contributed by atoms with Crippen molar-refractivity contribution in [3.05, 3.63) is 24.3 Å². The van der Waals surface area contributed by atoms with Gasteiger partial charge in [-0.15, -0.1) is 0 Å². The van der Waals surface area contributed by atoms with E-state index in [2.05, 4.69) is 14.8 Å². The summed E-state index contributed by atoms with van der Waals surface area (Å²) in [5, 5.41) is 0. The Labute approximate surface area is 123 Å². The first-order valence-electron chi connectivity index (χ1n) is 7.86. The van der Waals surface area contributed by atoms with Crippen LogP contribution in [-0.4, -0.2) is 41.5 Å². The molecule has 0 aliphatic carbocycles. The van der Waals surface area contributed by atoms with E-state index in [1.807, 2.05) is 0 Å². The molecular weight excluding hydrogens is 269 g/mol. The number of hydrogen-bond donors (Lipinski definition) is 0. The van der Waals surface area contributed by atoms with Crippen LogP contribution >= 0.6 is 0 Å². The highest BCUT2D eigenvalue weighted by Gasteiger charge is 2.44. The summed E-state index contributed by atoms with van der Waals surface area (Å²) >= 11 is 0. The maximum atomic E-state index is 14.0. The number of carbonyl (C=O) groups excluding carboxylic acids is 1. The van der Waals surface area contributed by atoms with Crippen LogP contribution in [0.15, 0.2) is 18.5 Å². The summed E-state index contributed by atoms with van der Waals surface area (Å²) in [5.74, 6) is 1.03. The summed E-state index contributed by atoms with van der Waals surface area (Å²) in [6, 6.07) is 2.13. The van der Waals surface area contributed by atoms with Crippen molar-refractivity contribution in [2.45, 2.75) is 31.7 Å². The molecular formula is C16H20FN3O. The molecule has 3 atom stereocenters. The van der Waals surface area contributed by atoms with Crippen LogP contribution in [0.3, 0.4) is 0 Å². The standard InChI is InChI=1S/C16H20FN3O/c17-13-7-18-5-4-15(13)19-8-11-6-12(10-19)14-2-1-3-16(21)20(14)9-11/h4-5,7,11-12,14H,1-3,6,8-10H2/t11-,12-,14+/m1/s1. The largest absolute Gasteiger partial charge is 0.368 e. The first-order valence-corrected chi connectivity index (χ1v) is 7.86. The molecule has 0 spiro atoms. The fourth-order valence-electron chi connectivity index (χ4n) is 4.43. The Hall–Kier alpha value is -1.65. The molecule has 3 aliphatic heterocycles. The number of carbonyl (C=O) groups is 1. The summed E-state index contributed by atoms with van der Waals surface area (Å²) < 4.78 is 14.0. The van der Waals surface area contributed by atoms with E-state index in [4.69, 9.17) is 0 Å². The molecule has 2 bridgehead atoms. The van der Waals surface area contributed by atoms with Crippen LogP contribution in [0.2, 0.25) is 0 Å². The van der Waals surface area contributed by atoms with E-state index < -0.39 is 0 Å². The lowest BCUT2D eigenvalue weighted by molar-refractivity contribution is -0.142. The van der Waals surface area contributed by atoms with Gasteiger partial charge in [0.2, 0.25) is 5.91 Å². The summed E-state index contributed by atoms with van der Waals surface area (Å²) in [7, 11) is 0. The molecule has 1 aromatic heterocycles. The molecule has 4 heterocycles. The predicted molar refractivity (Wildman–Crippen MR) is 77.4 cm³/mol. The molecule has 3 aliphatic rings. The van der Waals surface area contributed by atoms with Crippen LogP contribution in [-0.2, 0) is 4.79 Å². The minimum absolute atomic E-state index is 0.242. The van der Waals surface area contributed by atoms with E-state index in [1.165, 1.54) is 12.6 Å². The lowest BCUT2D eigenvalue weighted by Crippen LogP contribution is -2.60. The Morgan fingerprint density at radius 1 is 1.29 bits per heavy atom. The van der Waals surface area contributed by atoms with Crippen molar-refractivity contribution in [3.8, 4) is 0 Å². The third kappa shape index (κ3) is 2.19. The number of anilines is 1. The zero-order chi connectivity index (χ0) is 14.4. The van der Waals surface area contributed by atoms with Gasteiger partial charge in [-0.1, -0.05) is 0 Å². The lowest BCUT2D eigenvalue weighted by atomic mass is 9.76. The Balaban J connectivity index is 1.59. The quantitative estimate of drug-likeness (QED) is 0.794. The number of amides is 1. The molecule has 3 fully saturated rings. The van der Waals surface area contributed by atoms with Gasteiger partial charge in [0, 0.05) is 38.3 Å². The normalized spacial score (nSPS) is 32.0. The average molecular weight is 289 g/mol. The zero-order valence-corrected chi connectivity index (χ0v) is 12.0. The lowest BCUT2D eigenvalue weighted by Gasteiger charge is -2.52. The van der Waals surface area contributed by atoms with Crippen molar-refractivity contribution < 1.29 is 9.18 Å². The van der Waals surface area contributed by atoms with Gasteiger partial charge in [0.05, 0.1) is 11.9 Å². The van der Waals surface area contributed by atoms with Crippen LogP contribution in [0.1, 0.15) is 25.7 Å². The van der Waals surface area contributed by atoms with Gasteiger partial charge in [0.1, 0.15) is 0 Å². The van der Waals surface area contributed by atoms with Gasteiger partial charge in [-0.3, -0.25) is 9.78 Å². The number of nitrogens with zero attached hydrogens (tertiary/aromatic N) is 3. The summed E-state index contributed by atoms with van der Waals surface area (Å²) in [6.45, 7) is 2.54. The minimum Gasteiger partial charge on any atom is -0.368 e. The monoisotopic (exact) mass is 289 g/mol. The molecule has 5 heteroatoms. The number of fused-ring (bicyclic) bond motifs is 4. The van der Waals surface area contributed by atoms with Gasteiger partial charge in [0.15, 0.2) is 5.82 Å². The smallest absolute Gasteiger partial charge is 0.222 e. The van der Waals surface area contributed by atoms with Crippen LogP contribution in [0.5, 0.6) is 0 Å².